The molecule has 2 aromatic rings. The molecule has 0 bridgehead atoms. The van der Waals surface area contributed by atoms with Crippen LogP contribution in [-0.2, 0) is 9.84 Å². The zero-order chi connectivity index (χ0) is 14.8. The van der Waals surface area contributed by atoms with Crippen LogP contribution in [0.2, 0.25) is 0 Å². The first-order valence-corrected chi connectivity index (χ1v) is 8.40. The van der Waals surface area contributed by atoms with Gasteiger partial charge in [-0.2, -0.15) is 0 Å². The molecule has 0 spiro atoms. The first-order chi connectivity index (χ1) is 9.38. The lowest BCUT2D eigenvalue weighted by molar-refractivity contribution is 0.0961. The third-order valence-electron chi connectivity index (χ3n) is 3.19. The minimum atomic E-state index is -3.11. The summed E-state index contributed by atoms with van der Waals surface area (Å²) < 4.78 is 22.3. The lowest BCUT2D eigenvalue weighted by atomic mass is 9.97. The Labute approximate surface area is 118 Å². The maximum absolute atomic E-state index is 12.4. The van der Waals surface area contributed by atoms with Gasteiger partial charge in [0.15, 0.2) is 5.78 Å². The van der Waals surface area contributed by atoms with Crippen LogP contribution >= 0.6 is 0 Å². The zero-order valence-corrected chi connectivity index (χ0v) is 12.1. The van der Waals surface area contributed by atoms with Gasteiger partial charge in [0.25, 0.3) is 0 Å². The molecular formula is C15H17NO3S. The Bertz CT molecular complexity index is 732. The third-order valence-corrected chi connectivity index (χ3v) is 4.17. The summed E-state index contributed by atoms with van der Waals surface area (Å²) >= 11 is 0. The highest BCUT2D eigenvalue weighted by atomic mass is 32.2. The second-order valence-electron chi connectivity index (χ2n) is 4.92. The van der Waals surface area contributed by atoms with Crippen molar-refractivity contribution >= 4 is 26.4 Å². The van der Waals surface area contributed by atoms with Crippen molar-refractivity contribution < 1.29 is 13.2 Å². The average molecular weight is 291 g/mol. The van der Waals surface area contributed by atoms with Gasteiger partial charge in [0, 0.05) is 11.8 Å². The number of fused-ring (bicyclic) bond motifs is 1. The standard InChI is InChI=1S/C15H17NO3S/c1-20(18,19)10-9-14(16)15(17)13-8-4-6-11-5-2-3-7-12(11)13/h2-8,14H,9-10,16H2,1H3. The predicted octanol–water partition coefficient (Wildman–Crippen LogP) is 1.78. The van der Waals surface area contributed by atoms with Crippen molar-refractivity contribution in [1.82, 2.24) is 0 Å². The molecule has 0 aliphatic carbocycles. The molecule has 0 saturated heterocycles. The molecule has 0 aromatic heterocycles. The van der Waals surface area contributed by atoms with Crippen molar-refractivity contribution in [2.45, 2.75) is 12.5 Å². The Morgan fingerprint density at radius 2 is 1.80 bits per heavy atom. The number of rotatable bonds is 5. The highest BCUT2D eigenvalue weighted by Gasteiger charge is 2.19. The van der Waals surface area contributed by atoms with Crippen LogP contribution in [0.25, 0.3) is 10.8 Å². The molecule has 1 unspecified atom stereocenters. The Morgan fingerprint density at radius 1 is 1.15 bits per heavy atom. The van der Waals surface area contributed by atoms with Gasteiger partial charge in [0.2, 0.25) is 0 Å². The second kappa shape index (κ2) is 5.73. The molecule has 2 aromatic carbocycles. The summed E-state index contributed by atoms with van der Waals surface area (Å²) in [6.45, 7) is 0. The van der Waals surface area contributed by atoms with Gasteiger partial charge in [-0.15, -0.1) is 0 Å². The fourth-order valence-electron chi connectivity index (χ4n) is 2.11. The molecule has 0 aliphatic heterocycles. The van der Waals surface area contributed by atoms with Crippen molar-refractivity contribution in [3.05, 3.63) is 48.0 Å². The maximum atomic E-state index is 12.4. The van der Waals surface area contributed by atoms with E-state index in [-0.39, 0.29) is 18.0 Å². The number of nitrogens with two attached hydrogens (primary N) is 1. The van der Waals surface area contributed by atoms with Crippen molar-refractivity contribution in [2.75, 3.05) is 12.0 Å². The smallest absolute Gasteiger partial charge is 0.180 e. The van der Waals surface area contributed by atoms with E-state index in [4.69, 9.17) is 5.73 Å². The summed E-state index contributed by atoms with van der Waals surface area (Å²) in [5.74, 6) is -0.296. The quantitative estimate of drug-likeness (QED) is 0.852. The second-order valence-corrected chi connectivity index (χ2v) is 7.18. The van der Waals surface area contributed by atoms with Gasteiger partial charge in [-0.3, -0.25) is 4.79 Å². The van der Waals surface area contributed by atoms with Crippen LogP contribution < -0.4 is 5.73 Å². The van der Waals surface area contributed by atoms with Gasteiger partial charge in [0.1, 0.15) is 9.84 Å². The summed E-state index contributed by atoms with van der Waals surface area (Å²) in [6.07, 6.45) is 1.28. The molecule has 4 nitrogen and oxygen atoms in total. The van der Waals surface area contributed by atoms with E-state index in [1.165, 1.54) is 0 Å². The lowest BCUT2D eigenvalue weighted by Gasteiger charge is -2.12. The molecule has 0 aliphatic rings. The van der Waals surface area contributed by atoms with E-state index in [1.807, 2.05) is 30.3 Å². The van der Waals surface area contributed by atoms with E-state index in [2.05, 4.69) is 0 Å². The van der Waals surface area contributed by atoms with E-state index in [0.717, 1.165) is 17.0 Å². The van der Waals surface area contributed by atoms with Crippen LogP contribution in [0.15, 0.2) is 42.5 Å². The highest BCUT2D eigenvalue weighted by molar-refractivity contribution is 7.90. The summed E-state index contributed by atoms with van der Waals surface area (Å²) in [7, 11) is -3.11. The Balaban J connectivity index is 2.27. The summed E-state index contributed by atoms with van der Waals surface area (Å²) in [5, 5.41) is 1.81. The number of Topliss-reactive ketones (excluding diaryl/α,β-unsaturated/α-hetero) is 1. The fourth-order valence-corrected chi connectivity index (χ4v) is 2.79. The predicted molar refractivity (Wildman–Crippen MR) is 80.6 cm³/mol. The summed E-state index contributed by atoms with van der Waals surface area (Å²) in [5.41, 5.74) is 6.38. The third kappa shape index (κ3) is 3.43. The normalized spacial score (nSPS) is 13.3. The number of hydrogen-bond donors (Lipinski definition) is 1. The number of carbonyl (C=O) groups is 1. The maximum Gasteiger partial charge on any atom is 0.180 e. The molecule has 0 amide bonds. The SMILES string of the molecule is CS(=O)(=O)CCC(N)C(=O)c1cccc2ccccc12. The molecule has 2 N–H and O–H groups in total. The van der Waals surface area contributed by atoms with Gasteiger partial charge in [-0.25, -0.2) is 8.42 Å². The summed E-state index contributed by atoms with van der Waals surface area (Å²) in [6, 6.07) is 12.2. The van der Waals surface area contributed by atoms with Crippen molar-refractivity contribution in [2.24, 2.45) is 5.73 Å². The Kier molecular flexibility index (Phi) is 4.20. The Hall–Kier alpha value is -1.72. The van der Waals surface area contributed by atoms with Crippen molar-refractivity contribution in [3.63, 3.8) is 0 Å². The van der Waals surface area contributed by atoms with Crippen molar-refractivity contribution in [3.8, 4) is 0 Å². The minimum absolute atomic E-state index is 0.0787. The zero-order valence-electron chi connectivity index (χ0n) is 11.2. The molecule has 0 heterocycles. The number of carbonyl (C=O) groups excluding carboxylic acids is 1. The molecule has 5 heteroatoms. The largest absolute Gasteiger partial charge is 0.321 e. The fraction of sp³-hybridized carbons (Fsp3) is 0.267. The molecule has 2 rings (SSSR count). The number of ketones is 1. The molecule has 0 fully saturated rings. The van der Waals surface area contributed by atoms with E-state index < -0.39 is 15.9 Å². The Morgan fingerprint density at radius 3 is 2.50 bits per heavy atom. The van der Waals surface area contributed by atoms with E-state index in [1.54, 1.807) is 12.1 Å². The van der Waals surface area contributed by atoms with Gasteiger partial charge in [-0.05, 0) is 17.2 Å². The first-order valence-electron chi connectivity index (χ1n) is 6.34. The molecule has 20 heavy (non-hydrogen) atoms. The molecule has 106 valence electrons. The van der Waals surface area contributed by atoms with Crippen LogP contribution in [-0.4, -0.2) is 32.3 Å². The molecular weight excluding hydrogens is 274 g/mol. The van der Waals surface area contributed by atoms with Crippen LogP contribution in [0.1, 0.15) is 16.8 Å². The molecule has 1 atom stereocenters. The van der Waals surface area contributed by atoms with Gasteiger partial charge in [-0.1, -0.05) is 42.5 Å². The molecule has 0 saturated carbocycles. The summed E-state index contributed by atoms with van der Waals surface area (Å²) in [4.78, 5) is 12.4. The average Bonchev–Trinajstić information content (AvgIpc) is 2.42. The topological polar surface area (TPSA) is 77.2 Å². The van der Waals surface area contributed by atoms with Gasteiger partial charge in [0.05, 0.1) is 11.8 Å². The number of benzene rings is 2. The highest BCUT2D eigenvalue weighted by Crippen LogP contribution is 2.20. The number of hydrogen-bond acceptors (Lipinski definition) is 4. The first kappa shape index (κ1) is 14.7. The van der Waals surface area contributed by atoms with E-state index >= 15 is 0 Å². The van der Waals surface area contributed by atoms with Gasteiger partial charge >= 0.3 is 0 Å². The number of sulfone groups is 1. The van der Waals surface area contributed by atoms with Crippen LogP contribution in [0.5, 0.6) is 0 Å². The van der Waals surface area contributed by atoms with E-state index in [9.17, 15) is 13.2 Å². The monoisotopic (exact) mass is 291 g/mol. The lowest BCUT2D eigenvalue weighted by Crippen LogP contribution is -2.32. The van der Waals surface area contributed by atoms with Crippen molar-refractivity contribution in [1.29, 1.82) is 0 Å². The van der Waals surface area contributed by atoms with Crippen LogP contribution in [0.4, 0.5) is 0 Å². The van der Waals surface area contributed by atoms with Crippen LogP contribution in [0, 0.1) is 0 Å². The van der Waals surface area contributed by atoms with Gasteiger partial charge < -0.3 is 5.73 Å². The van der Waals surface area contributed by atoms with E-state index in [0.29, 0.717) is 5.56 Å². The van der Waals surface area contributed by atoms with Crippen LogP contribution in [0.3, 0.4) is 0 Å². The minimum Gasteiger partial charge on any atom is -0.321 e. The molecule has 0 radical (unpaired) electrons.